The van der Waals surface area contributed by atoms with E-state index in [2.05, 4.69) is 15.9 Å². The van der Waals surface area contributed by atoms with Gasteiger partial charge < -0.3 is 9.47 Å². The Morgan fingerprint density at radius 1 is 0.973 bits per heavy atom. The van der Waals surface area contributed by atoms with Crippen LogP contribution in [0.15, 0.2) is 88.2 Å². The monoisotopic (exact) mass is 573 g/mol. The van der Waals surface area contributed by atoms with Gasteiger partial charge in [0, 0.05) is 0 Å². The van der Waals surface area contributed by atoms with Crippen molar-refractivity contribution < 1.29 is 19.1 Å². The number of imide groups is 1. The van der Waals surface area contributed by atoms with E-state index in [-0.39, 0.29) is 17.7 Å². The van der Waals surface area contributed by atoms with Crippen LogP contribution in [0, 0.1) is 6.92 Å². The molecule has 0 atom stereocenters. The molecule has 7 heteroatoms. The summed E-state index contributed by atoms with van der Waals surface area (Å²) in [7, 11) is 1.57. The smallest absolute Gasteiger partial charge is 0.293 e. The second kappa shape index (κ2) is 10.8. The molecule has 37 heavy (non-hydrogen) atoms. The van der Waals surface area contributed by atoms with E-state index in [1.165, 1.54) is 10.5 Å². The highest BCUT2D eigenvalue weighted by atomic mass is 79.9. The number of ether oxygens (including phenoxy) is 2. The third-order valence-corrected chi connectivity index (χ3v) is 7.63. The second-order valence-corrected chi connectivity index (χ2v) is 10.6. The fraction of sp³-hybridized carbons (Fsp3) is 0.133. The van der Waals surface area contributed by atoms with Crippen LogP contribution >= 0.6 is 27.7 Å². The molecule has 1 saturated heterocycles. The molecule has 0 aliphatic carbocycles. The van der Waals surface area contributed by atoms with Gasteiger partial charge in [-0.15, -0.1) is 0 Å². The third-order valence-electron chi connectivity index (χ3n) is 6.14. The summed E-state index contributed by atoms with van der Waals surface area (Å²) in [6.07, 6.45) is 1.71. The van der Waals surface area contributed by atoms with Crippen LogP contribution in [0.4, 0.5) is 4.79 Å². The number of amides is 2. The molecule has 0 saturated carbocycles. The molecule has 0 unspecified atom stereocenters. The number of nitrogens with zero attached hydrogens (tertiary/aromatic N) is 1. The molecule has 5 rings (SSSR count). The molecule has 1 aliphatic rings. The zero-order valence-corrected chi connectivity index (χ0v) is 22.8. The number of halogens is 1. The number of carbonyl (C=O) groups excluding carboxylic acids is 2. The summed E-state index contributed by atoms with van der Waals surface area (Å²) in [5.41, 5.74) is 3.89. The lowest BCUT2D eigenvalue weighted by atomic mass is 10.0. The van der Waals surface area contributed by atoms with Crippen molar-refractivity contribution in [3.8, 4) is 11.5 Å². The quantitative estimate of drug-likeness (QED) is 0.212. The van der Waals surface area contributed by atoms with Gasteiger partial charge in [-0.3, -0.25) is 14.5 Å². The van der Waals surface area contributed by atoms with Crippen molar-refractivity contribution in [2.75, 3.05) is 7.11 Å². The van der Waals surface area contributed by atoms with Crippen molar-refractivity contribution in [3.05, 3.63) is 110 Å². The van der Waals surface area contributed by atoms with Crippen LogP contribution in [0.2, 0.25) is 0 Å². The van der Waals surface area contributed by atoms with Crippen molar-refractivity contribution in [1.29, 1.82) is 0 Å². The minimum atomic E-state index is -0.308. The predicted molar refractivity (Wildman–Crippen MR) is 152 cm³/mol. The summed E-state index contributed by atoms with van der Waals surface area (Å²) < 4.78 is 12.3. The number of rotatable bonds is 7. The Kier molecular flexibility index (Phi) is 7.35. The summed E-state index contributed by atoms with van der Waals surface area (Å²) in [4.78, 5) is 27.6. The third kappa shape index (κ3) is 5.43. The molecule has 0 spiro atoms. The predicted octanol–water partition coefficient (Wildman–Crippen LogP) is 7.73. The number of hydrogen-bond acceptors (Lipinski definition) is 5. The van der Waals surface area contributed by atoms with E-state index < -0.39 is 0 Å². The molecule has 1 fully saturated rings. The number of hydrogen-bond donors (Lipinski definition) is 0. The molecule has 5 nitrogen and oxygen atoms in total. The molecule has 0 aromatic heterocycles. The van der Waals surface area contributed by atoms with Crippen molar-refractivity contribution in [3.63, 3.8) is 0 Å². The lowest BCUT2D eigenvalue weighted by molar-refractivity contribution is -0.123. The van der Waals surface area contributed by atoms with Crippen LogP contribution in [0.25, 0.3) is 16.8 Å². The van der Waals surface area contributed by atoms with Crippen LogP contribution in [0.1, 0.15) is 22.3 Å². The van der Waals surface area contributed by atoms with E-state index in [1.54, 1.807) is 19.3 Å². The number of carbonyl (C=O) groups is 2. The highest BCUT2D eigenvalue weighted by Crippen LogP contribution is 2.40. The Balaban J connectivity index is 1.36. The maximum atomic E-state index is 13.2. The van der Waals surface area contributed by atoms with Crippen LogP contribution in [-0.2, 0) is 17.9 Å². The lowest BCUT2D eigenvalue weighted by Crippen LogP contribution is -2.27. The van der Waals surface area contributed by atoms with Gasteiger partial charge in [-0.1, -0.05) is 72.3 Å². The van der Waals surface area contributed by atoms with Gasteiger partial charge in [0.05, 0.1) is 23.0 Å². The Morgan fingerprint density at radius 3 is 2.51 bits per heavy atom. The molecule has 1 heterocycles. The molecule has 4 aromatic carbocycles. The van der Waals surface area contributed by atoms with E-state index in [1.807, 2.05) is 79.7 Å². The Hall–Kier alpha value is -3.55. The van der Waals surface area contributed by atoms with Gasteiger partial charge >= 0.3 is 0 Å². The molecule has 0 N–H and O–H groups in total. The van der Waals surface area contributed by atoms with Gasteiger partial charge in [0.1, 0.15) is 6.61 Å². The maximum absolute atomic E-state index is 13.2. The van der Waals surface area contributed by atoms with Gasteiger partial charge in [0.2, 0.25) is 0 Å². The zero-order chi connectivity index (χ0) is 25.9. The Labute approximate surface area is 228 Å². The van der Waals surface area contributed by atoms with Crippen LogP contribution in [0.3, 0.4) is 0 Å². The van der Waals surface area contributed by atoms with Crippen LogP contribution in [-0.4, -0.2) is 23.2 Å². The minimum absolute atomic E-state index is 0.224. The molecule has 186 valence electrons. The van der Waals surface area contributed by atoms with Crippen LogP contribution < -0.4 is 9.47 Å². The van der Waals surface area contributed by atoms with Gasteiger partial charge in [-0.05, 0) is 80.3 Å². The van der Waals surface area contributed by atoms with E-state index in [0.29, 0.717) is 27.5 Å². The van der Waals surface area contributed by atoms with Gasteiger partial charge in [0.25, 0.3) is 11.1 Å². The number of aryl methyl sites for hydroxylation is 1. The first-order valence-corrected chi connectivity index (χ1v) is 13.3. The Bertz CT molecular complexity index is 1530. The van der Waals surface area contributed by atoms with E-state index >= 15 is 0 Å². The SMILES string of the molecule is COc1cc(/C=C2/SC(=O)N(Cc3cccc4ccccc34)C2=O)cc(Br)c1OCc1ccc(C)cc1. The van der Waals surface area contributed by atoms with Crippen LogP contribution in [0.5, 0.6) is 11.5 Å². The summed E-state index contributed by atoms with van der Waals surface area (Å²) in [6.45, 7) is 2.66. The number of benzene rings is 4. The van der Waals surface area contributed by atoms with Gasteiger partial charge in [0.15, 0.2) is 11.5 Å². The maximum Gasteiger partial charge on any atom is 0.293 e. The molecule has 0 bridgehead atoms. The summed E-state index contributed by atoms with van der Waals surface area (Å²) in [5, 5.41) is 1.82. The lowest BCUT2D eigenvalue weighted by Gasteiger charge is -2.15. The fourth-order valence-electron chi connectivity index (χ4n) is 4.19. The van der Waals surface area contributed by atoms with Crippen molar-refractivity contribution >= 4 is 55.7 Å². The summed E-state index contributed by atoms with van der Waals surface area (Å²) >= 11 is 4.52. The highest BCUT2D eigenvalue weighted by Gasteiger charge is 2.35. The topological polar surface area (TPSA) is 55.8 Å². The number of thioether (sulfide) groups is 1. The number of methoxy groups -OCH3 is 1. The second-order valence-electron chi connectivity index (χ2n) is 8.71. The minimum Gasteiger partial charge on any atom is -0.493 e. The molecular formula is C30H24BrNO4S. The Morgan fingerprint density at radius 2 is 1.73 bits per heavy atom. The van der Waals surface area contributed by atoms with E-state index in [4.69, 9.17) is 9.47 Å². The molecular weight excluding hydrogens is 550 g/mol. The zero-order valence-electron chi connectivity index (χ0n) is 20.4. The first-order chi connectivity index (χ1) is 17.9. The van der Waals surface area contributed by atoms with E-state index in [9.17, 15) is 9.59 Å². The standard InChI is InChI=1S/C30H24BrNO4S/c1-19-10-12-20(13-11-19)18-36-28-25(31)14-21(15-26(28)35-2)16-27-29(33)32(30(34)37-27)17-23-8-5-7-22-6-3-4-9-24(22)23/h3-16H,17-18H2,1-2H3/b27-16+. The fourth-order valence-corrected chi connectivity index (χ4v) is 5.60. The molecule has 4 aromatic rings. The van der Waals surface area contributed by atoms with Crippen molar-refractivity contribution in [1.82, 2.24) is 4.90 Å². The highest BCUT2D eigenvalue weighted by molar-refractivity contribution is 9.10. The number of fused-ring (bicyclic) bond motifs is 1. The molecule has 0 radical (unpaired) electrons. The largest absolute Gasteiger partial charge is 0.493 e. The first kappa shape index (κ1) is 25.1. The first-order valence-electron chi connectivity index (χ1n) is 11.7. The average Bonchev–Trinajstić information content (AvgIpc) is 3.16. The van der Waals surface area contributed by atoms with Gasteiger partial charge in [-0.2, -0.15) is 0 Å². The normalized spacial score (nSPS) is 14.6. The van der Waals surface area contributed by atoms with Gasteiger partial charge in [-0.25, -0.2) is 0 Å². The molecule has 1 aliphatic heterocycles. The van der Waals surface area contributed by atoms with Crippen molar-refractivity contribution in [2.24, 2.45) is 0 Å². The summed E-state index contributed by atoms with van der Waals surface area (Å²) in [5.74, 6) is 0.796. The van der Waals surface area contributed by atoms with E-state index in [0.717, 1.165) is 39.2 Å². The molecule has 2 amide bonds. The average molecular weight is 574 g/mol. The van der Waals surface area contributed by atoms with Crippen molar-refractivity contribution in [2.45, 2.75) is 20.1 Å². The summed E-state index contributed by atoms with van der Waals surface area (Å²) in [6, 6.07) is 25.7.